The van der Waals surface area contributed by atoms with E-state index in [2.05, 4.69) is 19.7 Å². The van der Waals surface area contributed by atoms with Gasteiger partial charge in [0.1, 0.15) is 23.3 Å². The lowest BCUT2D eigenvalue weighted by Gasteiger charge is -2.32. The third-order valence-electron chi connectivity index (χ3n) is 4.99. The van der Waals surface area contributed by atoms with Gasteiger partial charge < -0.3 is 14.7 Å². The Morgan fingerprint density at radius 1 is 1.10 bits per heavy atom. The van der Waals surface area contributed by atoms with Crippen LogP contribution in [0.2, 0.25) is 0 Å². The molecule has 1 amide bonds. The standard InChI is InChI=1S/C20H17F3N4O3/c21-20(22,23)30-15-3-1-13(2-4-15)19(29)27-7-5-12(6-8-27)17-18-16(25-11-26-17)9-14(28)10-24-18/h1-4,9-12,28H,5-8H2. The number of carbonyl (C=O) groups is 1. The van der Waals surface area contributed by atoms with E-state index in [0.29, 0.717) is 42.5 Å². The van der Waals surface area contributed by atoms with Crippen molar-refractivity contribution in [1.82, 2.24) is 19.9 Å². The molecule has 0 atom stereocenters. The summed E-state index contributed by atoms with van der Waals surface area (Å²) >= 11 is 0. The largest absolute Gasteiger partial charge is 0.573 e. The fourth-order valence-electron chi connectivity index (χ4n) is 3.59. The lowest BCUT2D eigenvalue weighted by molar-refractivity contribution is -0.274. The van der Waals surface area contributed by atoms with Crippen molar-refractivity contribution in [3.63, 3.8) is 0 Å². The summed E-state index contributed by atoms with van der Waals surface area (Å²) in [7, 11) is 0. The highest BCUT2D eigenvalue weighted by atomic mass is 19.4. The van der Waals surface area contributed by atoms with Crippen LogP contribution in [0.25, 0.3) is 11.0 Å². The van der Waals surface area contributed by atoms with Gasteiger partial charge in [0.25, 0.3) is 5.91 Å². The van der Waals surface area contributed by atoms with E-state index in [1.54, 1.807) is 4.90 Å². The first-order valence-corrected chi connectivity index (χ1v) is 9.25. The number of piperidine rings is 1. The molecular weight excluding hydrogens is 401 g/mol. The average molecular weight is 418 g/mol. The third-order valence-corrected chi connectivity index (χ3v) is 4.99. The lowest BCUT2D eigenvalue weighted by atomic mass is 9.92. The van der Waals surface area contributed by atoms with E-state index in [9.17, 15) is 23.1 Å². The van der Waals surface area contributed by atoms with Gasteiger partial charge in [0, 0.05) is 30.6 Å². The number of hydrogen-bond acceptors (Lipinski definition) is 6. The van der Waals surface area contributed by atoms with Crippen LogP contribution in [0.4, 0.5) is 13.2 Å². The predicted octanol–water partition coefficient (Wildman–Crippen LogP) is 3.65. The van der Waals surface area contributed by atoms with Crippen molar-refractivity contribution in [3.8, 4) is 11.5 Å². The Labute approximate surface area is 169 Å². The van der Waals surface area contributed by atoms with Gasteiger partial charge in [-0.15, -0.1) is 13.2 Å². The lowest BCUT2D eigenvalue weighted by Crippen LogP contribution is -2.38. The second kappa shape index (κ2) is 7.77. The maximum atomic E-state index is 12.7. The molecule has 30 heavy (non-hydrogen) atoms. The van der Waals surface area contributed by atoms with E-state index in [0.717, 1.165) is 17.8 Å². The molecular formula is C20H17F3N4O3. The van der Waals surface area contributed by atoms with E-state index in [4.69, 9.17) is 0 Å². The molecule has 2 aromatic heterocycles. The maximum absolute atomic E-state index is 12.7. The van der Waals surface area contributed by atoms with E-state index in [1.165, 1.54) is 30.7 Å². The van der Waals surface area contributed by atoms with Gasteiger partial charge in [-0.2, -0.15) is 0 Å². The molecule has 0 spiro atoms. The number of aromatic nitrogens is 3. The molecule has 1 saturated heterocycles. The van der Waals surface area contributed by atoms with Crippen LogP contribution in [-0.4, -0.2) is 50.3 Å². The Bertz CT molecular complexity index is 1070. The smallest absolute Gasteiger partial charge is 0.506 e. The van der Waals surface area contributed by atoms with E-state index < -0.39 is 6.36 Å². The van der Waals surface area contributed by atoms with Crippen molar-refractivity contribution >= 4 is 16.9 Å². The minimum atomic E-state index is -4.77. The molecule has 1 aromatic carbocycles. The Kier molecular flexibility index (Phi) is 5.15. The molecule has 10 heteroatoms. The molecule has 0 unspecified atom stereocenters. The number of aromatic hydroxyl groups is 1. The highest BCUT2D eigenvalue weighted by molar-refractivity contribution is 5.94. The summed E-state index contributed by atoms with van der Waals surface area (Å²) in [5.41, 5.74) is 2.26. The Hall–Kier alpha value is -3.43. The van der Waals surface area contributed by atoms with Crippen molar-refractivity contribution in [3.05, 3.63) is 54.1 Å². The third kappa shape index (κ3) is 4.27. The Morgan fingerprint density at radius 3 is 2.47 bits per heavy atom. The number of pyridine rings is 1. The van der Waals surface area contributed by atoms with Gasteiger partial charge >= 0.3 is 6.36 Å². The second-order valence-corrected chi connectivity index (χ2v) is 6.96. The first kappa shape index (κ1) is 19.9. The van der Waals surface area contributed by atoms with E-state index >= 15 is 0 Å². The number of hydrogen-bond donors (Lipinski definition) is 1. The number of carbonyl (C=O) groups excluding carboxylic acids is 1. The van der Waals surface area contributed by atoms with Crippen LogP contribution in [0.3, 0.4) is 0 Å². The number of halogens is 3. The molecule has 3 aromatic rings. The number of amides is 1. The highest BCUT2D eigenvalue weighted by Crippen LogP contribution is 2.31. The predicted molar refractivity (Wildman–Crippen MR) is 100 cm³/mol. The Morgan fingerprint density at radius 2 is 1.80 bits per heavy atom. The Balaban J connectivity index is 1.43. The zero-order chi connectivity index (χ0) is 21.3. The number of fused-ring (bicyclic) bond motifs is 1. The average Bonchev–Trinajstić information content (AvgIpc) is 2.72. The molecule has 0 saturated carbocycles. The fraction of sp³-hybridized carbons (Fsp3) is 0.300. The monoisotopic (exact) mass is 418 g/mol. The van der Waals surface area contributed by atoms with Gasteiger partial charge in [-0.3, -0.25) is 4.79 Å². The molecule has 1 aliphatic rings. The number of nitrogens with zero attached hydrogens (tertiary/aromatic N) is 4. The first-order chi connectivity index (χ1) is 14.3. The van der Waals surface area contributed by atoms with Crippen molar-refractivity contribution < 1.29 is 27.8 Å². The molecule has 4 rings (SSSR count). The molecule has 1 aliphatic heterocycles. The van der Waals surface area contributed by atoms with Crippen molar-refractivity contribution in [2.75, 3.05) is 13.1 Å². The molecule has 1 N–H and O–H groups in total. The van der Waals surface area contributed by atoms with Crippen molar-refractivity contribution in [2.45, 2.75) is 25.1 Å². The molecule has 7 nitrogen and oxygen atoms in total. The zero-order valence-corrected chi connectivity index (χ0v) is 15.6. The quantitative estimate of drug-likeness (QED) is 0.699. The number of rotatable bonds is 3. The fourth-order valence-corrected chi connectivity index (χ4v) is 3.59. The summed E-state index contributed by atoms with van der Waals surface area (Å²) in [6.07, 6.45) is -0.668. The van der Waals surface area contributed by atoms with Crippen molar-refractivity contribution in [2.24, 2.45) is 0 Å². The van der Waals surface area contributed by atoms with Crippen molar-refractivity contribution in [1.29, 1.82) is 0 Å². The topological polar surface area (TPSA) is 88.4 Å². The molecule has 0 bridgehead atoms. The summed E-state index contributed by atoms with van der Waals surface area (Å²) < 4.78 is 40.6. The number of alkyl halides is 3. The first-order valence-electron chi connectivity index (χ1n) is 9.25. The SMILES string of the molecule is O=C(c1ccc(OC(F)(F)F)cc1)N1CCC(c2ncnc3cc(O)cnc23)CC1. The summed E-state index contributed by atoms with van der Waals surface area (Å²) in [4.78, 5) is 27.1. The van der Waals surface area contributed by atoms with Crippen LogP contribution in [0.1, 0.15) is 34.8 Å². The van der Waals surface area contributed by atoms with E-state index in [-0.39, 0.29) is 23.3 Å². The van der Waals surface area contributed by atoms with Gasteiger partial charge in [0.15, 0.2) is 0 Å². The minimum absolute atomic E-state index is 0.0271. The number of benzene rings is 1. The van der Waals surface area contributed by atoms with Crippen LogP contribution in [0.15, 0.2) is 42.9 Å². The molecule has 0 aliphatic carbocycles. The highest BCUT2D eigenvalue weighted by Gasteiger charge is 2.31. The maximum Gasteiger partial charge on any atom is 0.573 e. The number of likely N-dealkylation sites (tertiary alicyclic amines) is 1. The normalized spacial score (nSPS) is 15.4. The van der Waals surface area contributed by atoms with Gasteiger partial charge in [0.2, 0.25) is 0 Å². The van der Waals surface area contributed by atoms with E-state index in [1.807, 2.05) is 0 Å². The van der Waals surface area contributed by atoms with Crippen LogP contribution in [0, 0.1) is 0 Å². The second-order valence-electron chi connectivity index (χ2n) is 6.96. The van der Waals surface area contributed by atoms with Gasteiger partial charge in [-0.05, 0) is 37.1 Å². The van der Waals surface area contributed by atoms with Crippen LogP contribution >= 0.6 is 0 Å². The van der Waals surface area contributed by atoms with Crippen LogP contribution in [0.5, 0.6) is 11.5 Å². The summed E-state index contributed by atoms with van der Waals surface area (Å²) in [5, 5.41) is 9.58. The molecule has 0 radical (unpaired) electrons. The van der Waals surface area contributed by atoms with Gasteiger partial charge in [0.05, 0.1) is 17.4 Å². The molecule has 3 heterocycles. The van der Waals surface area contributed by atoms with Gasteiger partial charge in [-0.1, -0.05) is 0 Å². The summed E-state index contributed by atoms with van der Waals surface area (Å²) in [6, 6.07) is 6.43. The minimum Gasteiger partial charge on any atom is -0.506 e. The zero-order valence-electron chi connectivity index (χ0n) is 15.6. The summed E-state index contributed by atoms with van der Waals surface area (Å²) in [6.45, 7) is 0.960. The number of ether oxygens (including phenoxy) is 1. The van der Waals surface area contributed by atoms with Gasteiger partial charge in [-0.25, -0.2) is 15.0 Å². The molecule has 156 valence electrons. The molecule has 1 fully saturated rings. The van der Waals surface area contributed by atoms with Crippen LogP contribution in [-0.2, 0) is 0 Å². The summed E-state index contributed by atoms with van der Waals surface area (Å²) in [5.74, 6) is -0.507. The van der Waals surface area contributed by atoms with Crippen LogP contribution < -0.4 is 4.74 Å².